The Bertz CT molecular complexity index is 2130. The van der Waals surface area contributed by atoms with Crippen LogP contribution in [-0.4, -0.2) is 9.97 Å². The van der Waals surface area contributed by atoms with Crippen molar-refractivity contribution in [3.8, 4) is 34.0 Å². The van der Waals surface area contributed by atoms with E-state index in [2.05, 4.69) is 64.9 Å². The van der Waals surface area contributed by atoms with Crippen molar-refractivity contribution >= 4 is 45.6 Å². The molecule has 0 amide bonds. The summed E-state index contributed by atoms with van der Waals surface area (Å²) < 4.78 is 12.4. The van der Waals surface area contributed by atoms with Crippen LogP contribution in [0.2, 0.25) is 0 Å². The van der Waals surface area contributed by atoms with Crippen LogP contribution in [0.15, 0.2) is 126 Å². The van der Waals surface area contributed by atoms with Gasteiger partial charge >= 0.3 is 0 Å². The Labute approximate surface area is 236 Å². The highest BCUT2D eigenvalue weighted by molar-refractivity contribution is 6.10. The Morgan fingerprint density at radius 3 is 2.46 bits per heavy atom. The number of fused-ring (bicyclic) bond motifs is 5. The van der Waals surface area contributed by atoms with E-state index in [1.165, 1.54) is 0 Å². The fraction of sp³-hybridized carbons (Fsp3) is 0. The van der Waals surface area contributed by atoms with Gasteiger partial charge in [0.05, 0.1) is 16.8 Å². The lowest BCUT2D eigenvalue weighted by Crippen LogP contribution is -1.98. The van der Waals surface area contributed by atoms with Crippen LogP contribution in [0.1, 0.15) is 11.1 Å². The maximum atomic E-state index is 6.32. The van der Waals surface area contributed by atoms with Crippen molar-refractivity contribution < 1.29 is 9.15 Å². The fourth-order valence-corrected chi connectivity index (χ4v) is 5.48. The van der Waals surface area contributed by atoms with Crippen LogP contribution in [-0.2, 0) is 0 Å². The van der Waals surface area contributed by atoms with Gasteiger partial charge in [0.1, 0.15) is 16.8 Å². The van der Waals surface area contributed by atoms with Crippen LogP contribution >= 0.6 is 0 Å². The Morgan fingerprint density at radius 2 is 1.46 bits per heavy atom. The third-order valence-electron chi connectivity index (χ3n) is 7.38. The van der Waals surface area contributed by atoms with E-state index in [4.69, 9.17) is 14.1 Å². The molecular weight excluding hydrogens is 506 g/mol. The molecule has 3 aromatic heterocycles. The van der Waals surface area contributed by atoms with E-state index >= 15 is 0 Å². The molecule has 0 bridgehead atoms. The molecule has 1 N–H and O–H groups in total. The second-order valence-corrected chi connectivity index (χ2v) is 9.94. The maximum absolute atomic E-state index is 6.32. The predicted octanol–water partition coefficient (Wildman–Crippen LogP) is 9.73. The lowest BCUT2D eigenvalue weighted by atomic mass is 10.0. The number of furan rings is 1. The molecule has 1 aliphatic heterocycles. The lowest BCUT2D eigenvalue weighted by molar-refractivity contribution is 0.464. The van der Waals surface area contributed by atoms with Gasteiger partial charge < -0.3 is 14.5 Å². The van der Waals surface area contributed by atoms with Crippen LogP contribution in [0.25, 0.3) is 56.6 Å². The highest BCUT2D eigenvalue weighted by atomic mass is 16.5. The first kappa shape index (κ1) is 23.2. The van der Waals surface area contributed by atoms with Gasteiger partial charge in [-0.1, -0.05) is 78.9 Å². The topological polar surface area (TPSA) is 60.2 Å². The van der Waals surface area contributed by atoms with E-state index in [-0.39, 0.29) is 0 Å². The molecular formula is C36H23N3O2. The number of rotatable bonds is 4. The highest BCUT2D eigenvalue weighted by Crippen LogP contribution is 2.39. The van der Waals surface area contributed by atoms with Gasteiger partial charge in [0.25, 0.3) is 0 Å². The Kier molecular flexibility index (Phi) is 5.38. The largest absolute Gasteiger partial charge is 0.454 e. The molecule has 8 rings (SSSR count). The summed E-state index contributed by atoms with van der Waals surface area (Å²) in [5.74, 6) is 1.22. The van der Waals surface area contributed by atoms with Crippen molar-refractivity contribution in [1.29, 1.82) is 0 Å². The summed E-state index contributed by atoms with van der Waals surface area (Å²) >= 11 is 0. The van der Waals surface area contributed by atoms with Crippen molar-refractivity contribution in [2.75, 3.05) is 5.32 Å². The number of ether oxygens (including phenoxy) is 1. The van der Waals surface area contributed by atoms with Crippen molar-refractivity contribution in [3.63, 3.8) is 0 Å². The number of nitrogens with one attached hydrogen (secondary N) is 1. The van der Waals surface area contributed by atoms with Crippen LogP contribution < -0.4 is 10.1 Å². The van der Waals surface area contributed by atoms with Crippen LogP contribution in [0, 0.1) is 0 Å². The van der Waals surface area contributed by atoms with Gasteiger partial charge in [-0.2, -0.15) is 0 Å². The van der Waals surface area contributed by atoms with Gasteiger partial charge in [-0.15, -0.1) is 0 Å². The Balaban J connectivity index is 1.15. The molecule has 4 heterocycles. The van der Waals surface area contributed by atoms with Crippen LogP contribution in [0.5, 0.6) is 11.6 Å². The molecule has 0 spiro atoms. The van der Waals surface area contributed by atoms with E-state index in [0.717, 1.165) is 67.0 Å². The SMILES string of the molecule is C1=Cc2cccc(-c3cccc(Oc4cccc(-c5cccc6oc7cccnc7c56)c4)n3)c2Nc2ccccc21. The van der Waals surface area contributed by atoms with E-state index in [1.807, 2.05) is 72.8 Å². The fourth-order valence-electron chi connectivity index (χ4n) is 5.48. The first-order chi connectivity index (χ1) is 20.3. The van der Waals surface area contributed by atoms with Crippen LogP contribution in [0.4, 0.5) is 11.4 Å². The minimum absolute atomic E-state index is 0.524. The van der Waals surface area contributed by atoms with E-state index in [1.54, 1.807) is 6.20 Å². The summed E-state index contributed by atoms with van der Waals surface area (Å²) in [6.07, 6.45) is 6.08. The first-order valence-corrected chi connectivity index (χ1v) is 13.5. The molecule has 41 heavy (non-hydrogen) atoms. The number of benzene rings is 4. The average molecular weight is 530 g/mol. The minimum atomic E-state index is 0.524. The normalized spacial score (nSPS) is 12.0. The van der Waals surface area contributed by atoms with Crippen molar-refractivity contribution in [2.45, 2.75) is 0 Å². The molecule has 0 aliphatic carbocycles. The Hall–Kier alpha value is -5.68. The number of nitrogens with zero attached hydrogens (tertiary/aromatic N) is 2. The summed E-state index contributed by atoms with van der Waals surface area (Å²) in [7, 11) is 0. The summed E-state index contributed by atoms with van der Waals surface area (Å²) in [6, 6.07) is 38.4. The summed E-state index contributed by atoms with van der Waals surface area (Å²) in [5, 5.41) is 4.63. The van der Waals surface area contributed by atoms with Crippen molar-refractivity contribution in [3.05, 3.63) is 133 Å². The monoisotopic (exact) mass is 529 g/mol. The molecule has 0 unspecified atom stereocenters. The zero-order valence-corrected chi connectivity index (χ0v) is 21.9. The molecule has 5 nitrogen and oxygen atoms in total. The quantitative estimate of drug-likeness (QED) is 0.246. The maximum Gasteiger partial charge on any atom is 0.219 e. The van der Waals surface area contributed by atoms with Crippen LogP contribution in [0.3, 0.4) is 0 Å². The summed E-state index contributed by atoms with van der Waals surface area (Å²) in [4.78, 5) is 9.50. The predicted molar refractivity (Wildman–Crippen MR) is 165 cm³/mol. The van der Waals surface area contributed by atoms with Gasteiger partial charge in [-0.05, 0) is 64.7 Å². The standard InChI is InChI=1S/C36H23N3O2/c1-2-14-29-23(8-1)19-20-24-9-4-13-28(35(24)39-29)30-15-6-18-33(38-30)40-26-11-3-10-25(22-26)27-12-5-16-31-34(27)36-32(41-31)17-7-21-37-36/h1-22,39H. The van der Waals surface area contributed by atoms with Gasteiger partial charge in [0.2, 0.25) is 5.88 Å². The van der Waals surface area contributed by atoms with E-state index < -0.39 is 0 Å². The molecule has 5 heteroatoms. The van der Waals surface area contributed by atoms with Gasteiger partial charge in [0.15, 0.2) is 5.58 Å². The van der Waals surface area contributed by atoms with Gasteiger partial charge in [0, 0.05) is 23.5 Å². The molecule has 0 atom stereocenters. The Morgan fingerprint density at radius 1 is 0.659 bits per heavy atom. The highest BCUT2D eigenvalue weighted by Gasteiger charge is 2.16. The molecule has 194 valence electrons. The van der Waals surface area contributed by atoms with Crippen molar-refractivity contribution in [2.24, 2.45) is 0 Å². The number of anilines is 2. The van der Waals surface area contributed by atoms with Gasteiger partial charge in [-0.25, -0.2) is 4.98 Å². The molecule has 4 aromatic carbocycles. The second-order valence-electron chi connectivity index (χ2n) is 9.94. The van der Waals surface area contributed by atoms with Gasteiger partial charge in [-0.3, -0.25) is 4.98 Å². The number of hydrogen-bond acceptors (Lipinski definition) is 5. The minimum Gasteiger partial charge on any atom is -0.454 e. The zero-order valence-electron chi connectivity index (χ0n) is 21.9. The molecule has 1 aliphatic rings. The average Bonchev–Trinajstić information content (AvgIpc) is 3.29. The van der Waals surface area contributed by atoms with Crippen molar-refractivity contribution in [1.82, 2.24) is 9.97 Å². The van der Waals surface area contributed by atoms with E-state index in [9.17, 15) is 0 Å². The second kappa shape index (κ2) is 9.50. The molecule has 0 radical (unpaired) electrons. The lowest BCUT2D eigenvalue weighted by Gasteiger charge is -2.15. The number of aromatic nitrogens is 2. The number of hydrogen-bond donors (Lipinski definition) is 1. The molecule has 0 fully saturated rings. The summed E-state index contributed by atoms with van der Waals surface area (Å²) in [6.45, 7) is 0. The smallest absolute Gasteiger partial charge is 0.219 e. The molecule has 0 saturated heterocycles. The third-order valence-corrected chi connectivity index (χ3v) is 7.38. The summed E-state index contributed by atoms with van der Waals surface area (Å²) in [5.41, 5.74) is 10.7. The zero-order chi connectivity index (χ0) is 27.2. The third kappa shape index (κ3) is 4.12. The molecule has 0 saturated carbocycles. The van der Waals surface area contributed by atoms with E-state index in [0.29, 0.717) is 11.6 Å². The first-order valence-electron chi connectivity index (χ1n) is 13.5. The molecule has 7 aromatic rings. The number of para-hydroxylation sites is 2. The number of pyridine rings is 2.